The molecule has 1 aliphatic rings. The van der Waals surface area contributed by atoms with E-state index in [1.807, 2.05) is 0 Å². The lowest BCUT2D eigenvalue weighted by molar-refractivity contribution is 0.402. The van der Waals surface area contributed by atoms with Crippen LogP contribution in [0, 0.1) is 18.3 Å². The van der Waals surface area contributed by atoms with Gasteiger partial charge in [-0.3, -0.25) is 0 Å². The fourth-order valence-electron chi connectivity index (χ4n) is 2.97. The molecule has 18 heavy (non-hydrogen) atoms. The zero-order valence-electron chi connectivity index (χ0n) is 12.3. The second kappa shape index (κ2) is 5.44. The molecular weight excluding hydrogens is 218 g/mol. The number of nitrogens with one attached hydrogen (secondary N) is 1. The Morgan fingerprint density at radius 1 is 1.39 bits per heavy atom. The lowest BCUT2D eigenvalue weighted by atomic mass is 9.96. The van der Waals surface area contributed by atoms with Crippen LogP contribution in [0.15, 0.2) is 24.3 Å². The van der Waals surface area contributed by atoms with Crippen molar-refractivity contribution in [2.75, 3.05) is 6.54 Å². The summed E-state index contributed by atoms with van der Waals surface area (Å²) in [6, 6.07) is 9.61. The molecule has 100 valence electrons. The molecule has 0 bridgehead atoms. The molecule has 1 aliphatic carbocycles. The summed E-state index contributed by atoms with van der Waals surface area (Å²) in [4.78, 5) is 0. The predicted molar refractivity (Wildman–Crippen MR) is 78.9 cm³/mol. The molecule has 2 atom stereocenters. The van der Waals surface area contributed by atoms with Crippen molar-refractivity contribution >= 4 is 0 Å². The largest absolute Gasteiger partial charge is 0.313 e. The van der Waals surface area contributed by atoms with Gasteiger partial charge in [-0.05, 0) is 49.6 Å². The second-order valence-corrected chi connectivity index (χ2v) is 6.55. The summed E-state index contributed by atoms with van der Waals surface area (Å²) in [7, 11) is 0. The smallest absolute Gasteiger partial charge is 0.0141 e. The van der Waals surface area contributed by atoms with E-state index in [-0.39, 0.29) is 0 Å². The Hall–Kier alpha value is -0.820. The van der Waals surface area contributed by atoms with Crippen LogP contribution in [-0.4, -0.2) is 12.6 Å². The van der Waals surface area contributed by atoms with E-state index in [1.165, 1.54) is 30.4 Å². The summed E-state index contributed by atoms with van der Waals surface area (Å²) >= 11 is 0. The van der Waals surface area contributed by atoms with Gasteiger partial charge in [-0.2, -0.15) is 0 Å². The first-order valence-corrected chi connectivity index (χ1v) is 7.32. The van der Waals surface area contributed by atoms with Crippen molar-refractivity contribution in [2.24, 2.45) is 11.3 Å². The Morgan fingerprint density at radius 2 is 2.11 bits per heavy atom. The highest BCUT2D eigenvalue weighted by atomic mass is 14.9. The van der Waals surface area contributed by atoms with Gasteiger partial charge in [0.1, 0.15) is 0 Å². The van der Waals surface area contributed by atoms with E-state index in [4.69, 9.17) is 0 Å². The van der Waals surface area contributed by atoms with E-state index in [1.54, 1.807) is 0 Å². The van der Waals surface area contributed by atoms with Crippen LogP contribution < -0.4 is 5.32 Å². The molecule has 1 aromatic carbocycles. The molecular formula is C17H27N. The van der Waals surface area contributed by atoms with E-state index in [0.717, 1.165) is 12.5 Å². The van der Waals surface area contributed by atoms with E-state index < -0.39 is 0 Å². The van der Waals surface area contributed by atoms with Crippen molar-refractivity contribution in [1.29, 1.82) is 0 Å². The van der Waals surface area contributed by atoms with Crippen LogP contribution in [0.1, 0.15) is 44.7 Å². The fourth-order valence-corrected chi connectivity index (χ4v) is 2.97. The van der Waals surface area contributed by atoms with E-state index >= 15 is 0 Å². The number of hydrogen-bond acceptors (Lipinski definition) is 1. The van der Waals surface area contributed by atoms with Crippen LogP contribution in [-0.2, 0) is 6.42 Å². The summed E-state index contributed by atoms with van der Waals surface area (Å²) in [5.41, 5.74) is 3.40. The van der Waals surface area contributed by atoms with E-state index in [2.05, 4.69) is 57.3 Å². The van der Waals surface area contributed by atoms with Crippen molar-refractivity contribution in [1.82, 2.24) is 5.32 Å². The lowest BCUT2D eigenvalue weighted by Gasteiger charge is -2.20. The highest BCUT2D eigenvalue weighted by molar-refractivity contribution is 5.23. The topological polar surface area (TPSA) is 12.0 Å². The number of benzene rings is 1. The summed E-state index contributed by atoms with van der Waals surface area (Å²) in [5.74, 6) is 0.851. The maximum Gasteiger partial charge on any atom is 0.0141 e. The Balaban J connectivity index is 2.01. The van der Waals surface area contributed by atoms with Gasteiger partial charge in [0.2, 0.25) is 0 Å². The average molecular weight is 245 g/mol. The molecule has 1 aromatic rings. The molecule has 1 N–H and O–H groups in total. The highest BCUT2D eigenvalue weighted by Gasteiger charge is 2.49. The molecule has 2 unspecified atom stereocenters. The molecule has 0 aliphatic heterocycles. The third kappa shape index (κ3) is 3.35. The minimum Gasteiger partial charge on any atom is -0.313 e. The molecule has 2 rings (SSSR count). The van der Waals surface area contributed by atoms with Crippen molar-refractivity contribution in [3.63, 3.8) is 0 Å². The van der Waals surface area contributed by atoms with Crippen molar-refractivity contribution in [3.05, 3.63) is 35.4 Å². The molecule has 0 amide bonds. The van der Waals surface area contributed by atoms with Gasteiger partial charge < -0.3 is 5.32 Å². The summed E-state index contributed by atoms with van der Waals surface area (Å²) < 4.78 is 0. The lowest BCUT2D eigenvalue weighted by Crippen LogP contribution is -2.35. The third-order valence-electron chi connectivity index (χ3n) is 4.27. The number of aryl methyl sites for hydroxylation is 1. The summed E-state index contributed by atoms with van der Waals surface area (Å²) in [5, 5.41) is 3.75. The second-order valence-electron chi connectivity index (χ2n) is 6.55. The molecule has 0 saturated heterocycles. The van der Waals surface area contributed by atoms with Crippen molar-refractivity contribution in [2.45, 2.75) is 53.0 Å². The summed E-state index contributed by atoms with van der Waals surface area (Å²) in [6.07, 6.45) is 3.77. The zero-order valence-corrected chi connectivity index (χ0v) is 12.3. The van der Waals surface area contributed by atoms with Crippen molar-refractivity contribution in [3.8, 4) is 0 Å². The number of rotatable bonds is 6. The van der Waals surface area contributed by atoms with Gasteiger partial charge in [0.05, 0.1) is 0 Å². The Kier molecular flexibility index (Phi) is 4.11. The van der Waals surface area contributed by atoms with Gasteiger partial charge in [0.25, 0.3) is 0 Å². The fraction of sp³-hybridized carbons (Fsp3) is 0.647. The quantitative estimate of drug-likeness (QED) is 0.800. The van der Waals surface area contributed by atoms with Crippen LogP contribution in [0.5, 0.6) is 0 Å². The standard InChI is InChI=1S/C17H27N/c1-5-9-18-16(15-12-17(15,3)4)11-14-8-6-7-13(2)10-14/h6-8,10,15-16,18H,5,9,11-12H2,1-4H3. The molecule has 1 saturated carbocycles. The van der Waals surface area contributed by atoms with Gasteiger partial charge in [-0.15, -0.1) is 0 Å². The predicted octanol–water partition coefficient (Wildman–Crippen LogP) is 3.95. The maximum absolute atomic E-state index is 3.75. The minimum absolute atomic E-state index is 0.551. The van der Waals surface area contributed by atoms with Crippen LogP contribution in [0.25, 0.3) is 0 Å². The minimum atomic E-state index is 0.551. The van der Waals surface area contributed by atoms with Crippen LogP contribution in [0.2, 0.25) is 0 Å². The summed E-state index contributed by atoms with van der Waals surface area (Å²) in [6.45, 7) is 10.4. The molecule has 0 radical (unpaired) electrons. The van der Waals surface area contributed by atoms with Gasteiger partial charge >= 0.3 is 0 Å². The van der Waals surface area contributed by atoms with E-state index in [9.17, 15) is 0 Å². The Labute approximate surface area is 112 Å². The monoisotopic (exact) mass is 245 g/mol. The van der Waals surface area contributed by atoms with Crippen molar-refractivity contribution < 1.29 is 0 Å². The van der Waals surface area contributed by atoms with Crippen LogP contribution in [0.4, 0.5) is 0 Å². The van der Waals surface area contributed by atoms with Crippen LogP contribution >= 0.6 is 0 Å². The molecule has 0 aromatic heterocycles. The Bertz CT molecular complexity index is 394. The molecule has 1 nitrogen and oxygen atoms in total. The molecule has 1 heteroatoms. The van der Waals surface area contributed by atoms with Gasteiger partial charge in [-0.1, -0.05) is 50.6 Å². The molecule has 1 fully saturated rings. The third-order valence-corrected chi connectivity index (χ3v) is 4.27. The van der Waals surface area contributed by atoms with Crippen LogP contribution in [0.3, 0.4) is 0 Å². The first-order valence-electron chi connectivity index (χ1n) is 7.32. The average Bonchev–Trinajstić information content (AvgIpc) is 2.94. The molecule has 0 spiro atoms. The zero-order chi connectivity index (χ0) is 13.2. The first-order chi connectivity index (χ1) is 8.53. The maximum atomic E-state index is 3.75. The highest BCUT2D eigenvalue weighted by Crippen LogP contribution is 2.54. The van der Waals surface area contributed by atoms with Gasteiger partial charge in [0.15, 0.2) is 0 Å². The molecule has 0 heterocycles. The number of hydrogen-bond donors (Lipinski definition) is 1. The SMILES string of the molecule is CCCNC(Cc1cccc(C)c1)C1CC1(C)C. The van der Waals surface area contributed by atoms with E-state index in [0.29, 0.717) is 11.5 Å². The Morgan fingerprint density at radius 3 is 2.67 bits per heavy atom. The first kappa shape index (κ1) is 13.6. The van der Waals surface area contributed by atoms with Gasteiger partial charge in [0, 0.05) is 6.04 Å². The van der Waals surface area contributed by atoms with Gasteiger partial charge in [-0.25, -0.2) is 0 Å². The normalized spacial score (nSPS) is 22.8.